The van der Waals surface area contributed by atoms with Crippen LogP contribution in [0.15, 0.2) is 24.3 Å². The lowest BCUT2D eigenvalue weighted by atomic mass is 10.1. The van der Waals surface area contributed by atoms with E-state index in [-0.39, 0.29) is 11.8 Å². The second-order valence-electron chi connectivity index (χ2n) is 3.93. The Labute approximate surface area is 93.2 Å². The van der Waals surface area contributed by atoms with Crippen LogP contribution in [0.5, 0.6) is 0 Å². The van der Waals surface area contributed by atoms with Crippen molar-refractivity contribution in [2.45, 2.75) is 18.0 Å². The van der Waals surface area contributed by atoms with Crippen LogP contribution in [0.4, 0.5) is 22.0 Å². The molecule has 1 nitrogen and oxygen atoms in total. The molecule has 2 atom stereocenters. The van der Waals surface area contributed by atoms with Crippen LogP contribution < -0.4 is 0 Å². The second kappa shape index (κ2) is 3.51. The normalized spacial score (nSPS) is 26.6. The van der Waals surface area contributed by atoms with Gasteiger partial charge in [0.1, 0.15) is 6.29 Å². The Hall–Kier alpha value is -1.46. The van der Waals surface area contributed by atoms with Gasteiger partial charge in [-0.1, -0.05) is 12.1 Å². The topological polar surface area (TPSA) is 17.1 Å². The van der Waals surface area contributed by atoms with Crippen LogP contribution in [0.3, 0.4) is 0 Å². The molecule has 0 amide bonds. The fourth-order valence-electron chi connectivity index (χ4n) is 1.83. The predicted octanol–water partition coefficient (Wildman–Crippen LogP) is 3.25. The van der Waals surface area contributed by atoms with E-state index in [0.29, 0.717) is 0 Å². The van der Waals surface area contributed by atoms with E-state index in [4.69, 9.17) is 0 Å². The van der Waals surface area contributed by atoms with Crippen LogP contribution in [0, 0.1) is 5.92 Å². The van der Waals surface area contributed by atoms with Crippen molar-refractivity contribution in [2.75, 3.05) is 0 Å². The molecular weight excluding hydrogens is 243 g/mol. The number of rotatable bonds is 2. The van der Waals surface area contributed by atoms with Crippen molar-refractivity contribution >= 4 is 6.29 Å². The quantitative estimate of drug-likeness (QED) is 0.581. The van der Waals surface area contributed by atoms with E-state index in [1.807, 2.05) is 0 Å². The Bertz CT molecular complexity index is 434. The Morgan fingerprint density at radius 2 is 1.65 bits per heavy atom. The molecule has 1 aromatic rings. The summed E-state index contributed by atoms with van der Waals surface area (Å²) in [6.45, 7) is 0. The number of carbonyl (C=O) groups excluding carboxylic acids is 1. The zero-order valence-electron chi connectivity index (χ0n) is 8.34. The zero-order chi connectivity index (χ0) is 12.8. The molecule has 6 heteroatoms. The van der Waals surface area contributed by atoms with Crippen molar-refractivity contribution in [1.82, 2.24) is 0 Å². The van der Waals surface area contributed by atoms with E-state index < -0.39 is 29.5 Å². The highest BCUT2D eigenvalue weighted by molar-refractivity contribution is 5.65. The van der Waals surface area contributed by atoms with Crippen LogP contribution in [-0.2, 0) is 11.0 Å². The fraction of sp³-hybridized carbons (Fsp3) is 0.364. The number of carbonyl (C=O) groups is 1. The van der Waals surface area contributed by atoms with Gasteiger partial charge in [0.25, 0.3) is 5.92 Å². The maximum absolute atomic E-state index is 13.0. The van der Waals surface area contributed by atoms with E-state index in [1.54, 1.807) is 0 Å². The molecule has 17 heavy (non-hydrogen) atoms. The predicted molar refractivity (Wildman–Crippen MR) is 48.7 cm³/mol. The largest absolute Gasteiger partial charge is 0.416 e. The Morgan fingerprint density at radius 1 is 1.12 bits per heavy atom. The maximum atomic E-state index is 13.0. The molecule has 1 aliphatic rings. The number of hydrogen-bond acceptors (Lipinski definition) is 1. The third-order valence-corrected chi connectivity index (χ3v) is 2.85. The third-order valence-electron chi connectivity index (χ3n) is 2.85. The monoisotopic (exact) mass is 250 g/mol. The minimum Gasteiger partial charge on any atom is -0.303 e. The summed E-state index contributed by atoms with van der Waals surface area (Å²) in [5.74, 6) is -5.84. The lowest BCUT2D eigenvalue weighted by molar-refractivity contribution is -0.137. The van der Waals surface area contributed by atoms with Crippen molar-refractivity contribution in [3.8, 4) is 0 Å². The smallest absolute Gasteiger partial charge is 0.303 e. The number of alkyl halides is 5. The molecule has 0 spiro atoms. The van der Waals surface area contributed by atoms with Gasteiger partial charge in [-0.05, 0) is 17.7 Å². The van der Waals surface area contributed by atoms with Crippen LogP contribution in [0.1, 0.15) is 17.0 Å². The number of hydrogen-bond donors (Lipinski definition) is 0. The molecule has 0 heterocycles. The van der Waals surface area contributed by atoms with Crippen molar-refractivity contribution in [1.29, 1.82) is 0 Å². The first-order valence-electron chi connectivity index (χ1n) is 4.78. The van der Waals surface area contributed by atoms with E-state index >= 15 is 0 Å². The van der Waals surface area contributed by atoms with Gasteiger partial charge in [0.15, 0.2) is 0 Å². The number of halogens is 5. The summed E-state index contributed by atoms with van der Waals surface area (Å²) in [6, 6.07) is 3.47. The summed E-state index contributed by atoms with van der Waals surface area (Å²) in [6.07, 6.45) is -4.35. The Morgan fingerprint density at radius 3 is 2.00 bits per heavy atom. The fourth-order valence-corrected chi connectivity index (χ4v) is 1.83. The van der Waals surface area contributed by atoms with Crippen LogP contribution in [-0.4, -0.2) is 12.2 Å². The van der Waals surface area contributed by atoms with E-state index in [0.717, 1.165) is 24.3 Å². The molecule has 0 radical (unpaired) electrons. The molecule has 92 valence electrons. The van der Waals surface area contributed by atoms with E-state index in [9.17, 15) is 26.7 Å². The average Bonchev–Trinajstić information content (AvgIpc) is 2.79. The molecule has 0 aliphatic heterocycles. The molecule has 1 aliphatic carbocycles. The van der Waals surface area contributed by atoms with Crippen molar-refractivity contribution in [2.24, 2.45) is 5.92 Å². The van der Waals surface area contributed by atoms with Crippen LogP contribution >= 0.6 is 0 Å². The minimum atomic E-state index is -4.49. The molecule has 2 unspecified atom stereocenters. The van der Waals surface area contributed by atoms with Gasteiger partial charge < -0.3 is 4.79 Å². The lowest BCUT2D eigenvalue weighted by Crippen LogP contribution is -2.04. The number of aldehydes is 1. The summed E-state index contributed by atoms with van der Waals surface area (Å²) in [7, 11) is 0. The van der Waals surface area contributed by atoms with Gasteiger partial charge >= 0.3 is 6.18 Å². The third kappa shape index (κ3) is 1.92. The molecule has 2 rings (SSSR count). The van der Waals surface area contributed by atoms with Crippen molar-refractivity contribution in [3.05, 3.63) is 35.4 Å². The average molecular weight is 250 g/mol. The minimum absolute atomic E-state index is 0.0556. The first-order chi connectivity index (χ1) is 7.78. The summed E-state index contributed by atoms with van der Waals surface area (Å²) >= 11 is 0. The molecule has 1 fully saturated rings. The molecule has 1 aromatic carbocycles. The van der Waals surface area contributed by atoms with E-state index in [2.05, 4.69) is 0 Å². The maximum Gasteiger partial charge on any atom is 0.416 e. The van der Waals surface area contributed by atoms with Gasteiger partial charge in [0.05, 0.1) is 17.4 Å². The van der Waals surface area contributed by atoms with Crippen molar-refractivity contribution in [3.63, 3.8) is 0 Å². The molecule has 0 saturated heterocycles. The molecular formula is C11H7F5O. The van der Waals surface area contributed by atoms with E-state index in [1.165, 1.54) is 0 Å². The Kier molecular flexibility index (Phi) is 2.48. The number of benzene rings is 1. The van der Waals surface area contributed by atoms with Gasteiger partial charge in [-0.3, -0.25) is 0 Å². The van der Waals surface area contributed by atoms with Gasteiger partial charge in [0.2, 0.25) is 0 Å². The highest BCUT2D eigenvalue weighted by atomic mass is 19.4. The van der Waals surface area contributed by atoms with Gasteiger partial charge in [-0.2, -0.15) is 13.2 Å². The first-order valence-corrected chi connectivity index (χ1v) is 4.78. The van der Waals surface area contributed by atoms with Gasteiger partial charge in [-0.15, -0.1) is 0 Å². The standard InChI is InChI=1S/C11H7F5O/c12-10(13)8(5-17)9(10)6-1-3-7(4-2-6)11(14,15)16/h1-5,8-9H. The Balaban J connectivity index is 2.24. The molecule has 0 aromatic heterocycles. The summed E-state index contributed by atoms with van der Waals surface area (Å²) < 4.78 is 62.7. The van der Waals surface area contributed by atoms with Gasteiger partial charge in [-0.25, -0.2) is 8.78 Å². The lowest BCUT2D eigenvalue weighted by Gasteiger charge is -2.07. The molecule has 0 bridgehead atoms. The SMILES string of the molecule is O=CC1C(c2ccc(C(F)(F)F)cc2)C1(F)F. The molecule has 0 N–H and O–H groups in total. The summed E-state index contributed by atoms with van der Waals surface area (Å²) in [4.78, 5) is 10.3. The van der Waals surface area contributed by atoms with Crippen molar-refractivity contribution < 1.29 is 26.7 Å². The highest BCUT2D eigenvalue weighted by Crippen LogP contribution is 2.60. The summed E-state index contributed by atoms with van der Waals surface area (Å²) in [5.41, 5.74) is -0.840. The second-order valence-corrected chi connectivity index (χ2v) is 3.93. The highest BCUT2D eigenvalue weighted by Gasteiger charge is 2.68. The van der Waals surface area contributed by atoms with Crippen LogP contribution in [0.2, 0.25) is 0 Å². The van der Waals surface area contributed by atoms with Crippen LogP contribution in [0.25, 0.3) is 0 Å². The molecule has 1 saturated carbocycles. The zero-order valence-corrected chi connectivity index (χ0v) is 8.34. The van der Waals surface area contributed by atoms with Gasteiger partial charge in [0, 0.05) is 0 Å². The summed E-state index contributed by atoms with van der Waals surface area (Å²) in [5, 5.41) is 0. The first kappa shape index (κ1) is 12.0.